The molecule has 0 atom stereocenters. The third kappa shape index (κ3) is 4.69. The number of halogens is 1. The van der Waals surface area contributed by atoms with Crippen LogP contribution in [0, 0.1) is 13.8 Å². The van der Waals surface area contributed by atoms with Gasteiger partial charge in [-0.1, -0.05) is 59.9 Å². The molecule has 0 saturated carbocycles. The first-order valence-corrected chi connectivity index (χ1v) is 11.7. The fourth-order valence-electron chi connectivity index (χ4n) is 2.64. The molecule has 6 nitrogen and oxygen atoms in total. The predicted molar refractivity (Wildman–Crippen MR) is 129 cm³/mol. The average molecular weight is 499 g/mol. The monoisotopic (exact) mass is 498 g/mol. The number of hydrogen-bond donors (Lipinski definition) is 1. The summed E-state index contributed by atoms with van der Waals surface area (Å²) in [5, 5.41) is 11.3. The Hall–Kier alpha value is -2.75. The highest BCUT2D eigenvalue weighted by Crippen LogP contribution is 2.30. The van der Waals surface area contributed by atoms with E-state index in [2.05, 4.69) is 38.2 Å². The minimum absolute atomic E-state index is 0.796. The van der Waals surface area contributed by atoms with Crippen LogP contribution in [0.25, 0.3) is 0 Å². The second kappa shape index (κ2) is 9.38. The molecule has 0 unspecified atom stereocenters. The summed E-state index contributed by atoms with van der Waals surface area (Å²) >= 11 is 6.42. The van der Waals surface area contributed by atoms with E-state index in [1.165, 1.54) is 4.88 Å². The summed E-state index contributed by atoms with van der Waals surface area (Å²) in [6, 6.07) is 20.1. The highest BCUT2D eigenvalue weighted by molar-refractivity contribution is 9.11. The van der Waals surface area contributed by atoms with Crippen LogP contribution in [0.5, 0.6) is 0 Å². The average Bonchev–Trinajstić information content (AvgIpc) is 3.51. The Kier molecular flexibility index (Phi) is 6.41. The number of benzene rings is 2. The molecule has 5 rings (SSSR count). The Labute approximate surface area is 191 Å². The van der Waals surface area contributed by atoms with Gasteiger partial charge in [0, 0.05) is 22.0 Å². The normalized spacial score (nSPS) is 12.8. The third-order valence-electron chi connectivity index (χ3n) is 4.23. The highest BCUT2D eigenvalue weighted by Gasteiger charge is 2.28. The number of amidine groups is 1. The van der Waals surface area contributed by atoms with E-state index in [0.29, 0.717) is 0 Å². The fourth-order valence-corrected chi connectivity index (χ4v) is 4.30. The number of rotatable bonds is 3. The van der Waals surface area contributed by atoms with E-state index in [1.54, 1.807) is 28.9 Å². The van der Waals surface area contributed by atoms with Gasteiger partial charge in [0.15, 0.2) is 9.75 Å². The molecule has 4 aromatic rings. The number of thiazole rings is 2. The molecule has 3 heterocycles. The minimum Gasteiger partial charge on any atom is -0.256 e. The molecule has 0 saturated heterocycles. The Morgan fingerprint density at radius 1 is 0.967 bits per heavy atom. The topological polar surface area (TPSA) is 56.7 Å². The number of hydrogen-bond acceptors (Lipinski definition) is 8. The maximum atomic E-state index is 4.76. The lowest BCUT2D eigenvalue weighted by molar-refractivity contribution is 0.765. The fraction of sp³-hybridized carbons (Fsp3) is 0.0952. The largest absolute Gasteiger partial charge is 0.256 e. The molecule has 2 aromatic heterocycles. The van der Waals surface area contributed by atoms with Crippen molar-refractivity contribution in [1.29, 1.82) is 0 Å². The van der Waals surface area contributed by atoms with E-state index in [-0.39, 0.29) is 0 Å². The summed E-state index contributed by atoms with van der Waals surface area (Å²) < 4.78 is 0.947. The van der Waals surface area contributed by atoms with Crippen molar-refractivity contribution in [2.24, 2.45) is 5.10 Å². The third-order valence-corrected chi connectivity index (χ3v) is 6.60. The molecule has 0 spiro atoms. The molecule has 0 bridgehead atoms. The lowest BCUT2D eigenvalue weighted by Gasteiger charge is -2.25. The molecule has 0 aliphatic carbocycles. The number of hydrazone groups is 1. The molecule has 1 aliphatic rings. The first kappa shape index (κ1) is 20.5. The van der Waals surface area contributed by atoms with Gasteiger partial charge in [0.2, 0.25) is 5.13 Å². The Bertz CT molecular complexity index is 1090. The first-order valence-electron chi connectivity index (χ1n) is 9.17. The molecule has 0 amide bonds. The summed E-state index contributed by atoms with van der Waals surface area (Å²) in [5.74, 6) is 0.796. The SMILES string of the molecule is Brc1nccs1.Cc1nc(N2NC(c3ccccc3)=NN2c2ccccc2)sc1C. The zero-order chi connectivity index (χ0) is 20.9. The highest BCUT2D eigenvalue weighted by atomic mass is 79.9. The van der Waals surface area contributed by atoms with Crippen molar-refractivity contribution in [3.63, 3.8) is 0 Å². The summed E-state index contributed by atoms with van der Waals surface area (Å²) in [7, 11) is 0. The molecule has 1 N–H and O–H groups in total. The molecule has 9 heteroatoms. The van der Waals surface area contributed by atoms with Gasteiger partial charge in [0.1, 0.15) is 0 Å². The number of nitrogens with one attached hydrogen (secondary N) is 1. The molecule has 1 aliphatic heterocycles. The van der Waals surface area contributed by atoms with Crippen molar-refractivity contribution in [1.82, 2.24) is 15.4 Å². The first-order chi connectivity index (χ1) is 14.6. The van der Waals surface area contributed by atoms with Crippen molar-refractivity contribution in [3.8, 4) is 0 Å². The van der Waals surface area contributed by atoms with Crippen LogP contribution in [0.2, 0.25) is 0 Å². The number of nitrogens with zero attached hydrogens (tertiary/aromatic N) is 5. The molecular weight excluding hydrogens is 480 g/mol. The van der Waals surface area contributed by atoms with Crippen molar-refractivity contribution in [2.75, 3.05) is 10.2 Å². The van der Waals surface area contributed by atoms with E-state index in [0.717, 1.165) is 31.8 Å². The number of aryl methyl sites for hydroxylation is 2. The van der Waals surface area contributed by atoms with E-state index in [1.807, 2.05) is 83.2 Å². The molecule has 152 valence electrons. The second-order valence-electron chi connectivity index (χ2n) is 6.29. The van der Waals surface area contributed by atoms with Crippen molar-refractivity contribution >= 4 is 55.3 Å². The summed E-state index contributed by atoms with van der Waals surface area (Å²) in [6.45, 7) is 4.11. The quantitative estimate of drug-likeness (QED) is 0.388. The maximum absolute atomic E-state index is 4.76. The Balaban J connectivity index is 0.000000313. The minimum atomic E-state index is 0.796. The lowest BCUT2D eigenvalue weighted by atomic mass is 10.2. The zero-order valence-electron chi connectivity index (χ0n) is 16.4. The van der Waals surface area contributed by atoms with Gasteiger partial charge < -0.3 is 0 Å². The number of hydrazine groups is 2. The Morgan fingerprint density at radius 2 is 1.67 bits per heavy atom. The zero-order valence-corrected chi connectivity index (χ0v) is 19.6. The number of anilines is 2. The van der Waals surface area contributed by atoms with Gasteiger partial charge in [-0.25, -0.2) is 9.97 Å². The van der Waals surface area contributed by atoms with E-state index in [9.17, 15) is 0 Å². The van der Waals surface area contributed by atoms with Crippen molar-refractivity contribution < 1.29 is 0 Å². The van der Waals surface area contributed by atoms with Gasteiger partial charge in [-0.2, -0.15) is 0 Å². The lowest BCUT2D eigenvalue weighted by Crippen LogP contribution is -2.44. The van der Waals surface area contributed by atoms with Crippen LogP contribution >= 0.6 is 38.6 Å². The van der Waals surface area contributed by atoms with Crippen LogP contribution in [0.1, 0.15) is 16.1 Å². The molecule has 30 heavy (non-hydrogen) atoms. The smallest absolute Gasteiger partial charge is 0.228 e. The van der Waals surface area contributed by atoms with Crippen LogP contribution in [0.15, 0.2) is 81.3 Å². The van der Waals surface area contributed by atoms with Gasteiger partial charge in [-0.15, -0.1) is 26.7 Å². The maximum Gasteiger partial charge on any atom is 0.228 e. The molecule has 2 aromatic carbocycles. The van der Waals surface area contributed by atoms with E-state index >= 15 is 0 Å². The summed E-state index contributed by atoms with van der Waals surface area (Å²) in [4.78, 5) is 9.72. The molecule has 0 radical (unpaired) electrons. The van der Waals surface area contributed by atoms with Crippen LogP contribution in [-0.2, 0) is 0 Å². The summed E-state index contributed by atoms with van der Waals surface area (Å²) in [6.07, 6.45) is 1.76. The second-order valence-corrected chi connectivity index (χ2v) is 9.64. The van der Waals surface area contributed by atoms with Crippen LogP contribution in [0.4, 0.5) is 10.8 Å². The van der Waals surface area contributed by atoms with Gasteiger partial charge >= 0.3 is 0 Å². The van der Waals surface area contributed by atoms with E-state index < -0.39 is 0 Å². The number of aromatic nitrogens is 2. The molecule has 0 fully saturated rings. The van der Waals surface area contributed by atoms with Crippen molar-refractivity contribution in [2.45, 2.75) is 13.8 Å². The van der Waals surface area contributed by atoms with Crippen LogP contribution in [-0.4, -0.2) is 15.8 Å². The standard InChI is InChI=1S/C18H17N5S.C3H2BrNS/c1-13-14(2)24-18(19-13)23-21-17(15-9-5-3-6-10-15)20-22(23)16-11-7-4-8-12-16;4-3-5-1-2-6-3/h3-12H,1-2H3,(H,20,21);1-2H. The Morgan fingerprint density at radius 3 is 2.20 bits per heavy atom. The van der Waals surface area contributed by atoms with Crippen molar-refractivity contribution in [3.05, 3.63) is 92.3 Å². The van der Waals surface area contributed by atoms with Crippen LogP contribution < -0.4 is 15.7 Å². The predicted octanol–water partition coefficient (Wildman–Crippen LogP) is 5.77. The van der Waals surface area contributed by atoms with Crippen LogP contribution in [0.3, 0.4) is 0 Å². The number of para-hydroxylation sites is 1. The van der Waals surface area contributed by atoms with E-state index in [4.69, 9.17) is 5.10 Å². The molecular formula is C21H19BrN6S2. The van der Waals surface area contributed by atoms with Gasteiger partial charge in [-0.3, -0.25) is 5.43 Å². The van der Waals surface area contributed by atoms with Gasteiger partial charge in [-0.05, 0) is 41.9 Å². The van der Waals surface area contributed by atoms with Gasteiger partial charge in [0.05, 0.1) is 11.4 Å². The van der Waals surface area contributed by atoms with Gasteiger partial charge in [0.25, 0.3) is 0 Å². The summed E-state index contributed by atoms with van der Waals surface area (Å²) in [5.41, 5.74) is 6.42.